The zero-order chi connectivity index (χ0) is 17.2. The van der Waals surface area contributed by atoms with E-state index in [4.69, 9.17) is 4.74 Å². The van der Waals surface area contributed by atoms with Crippen LogP contribution in [0.3, 0.4) is 0 Å². The molecule has 0 bridgehead atoms. The molecule has 1 aliphatic rings. The SMILES string of the molecule is Cc1ccc2[nH]nc(C(=O)Nc3ccc(N4CCOCC4)cc3)c2c1. The number of nitrogens with zero attached hydrogens (tertiary/aromatic N) is 2. The summed E-state index contributed by atoms with van der Waals surface area (Å²) in [4.78, 5) is 14.8. The lowest BCUT2D eigenvalue weighted by molar-refractivity contribution is 0.102. The summed E-state index contributed by atoms with van der Waals surface area (Å²) < 4.78 is 5.37. The van der Waals surface area contributed by atoms with Gasteiger partial charge >= 0.3 is 0 Å². The van der Waals surface area contributed by atoms with Crippen LogP contribution in [-0.2, 0) is 4.74 Å². The number of hydrogen-bond acceptors (Lipinski definition) is 4. The predicted molar refractivity (Wildman–Crippen MR) is 98.3 cm³/mol. The molecule has 0 spiro atoms. The molecule has 0 aliphatic carbocycles. The van der Waals surface area contributed by atoms with Crippen LogP contribution in [0.5, 0.6) is 0 Å². The van der Waals surface area contributed by atoms with Crippen molar-refractivity contribution in [1.82, 2.24) is 10.2 Å². The topological polar surface area (TPSA) is 70.2 Å². The standard InChI is InChI=1S/C19H20N4O2/c1-13-2-7-17-16(12-13)18(22-21-17)19(24)20-14-3-5-15(6-4-14)23-8-10-25-11-9-23/h2-7,12H,8-11H2,1H3,(H,20,24)(H,21,22). The molecule has 4 rings (SSSR count). The Morgan fingerprint density at radius 2 is 1.92 bits per heavy atom. The van der Waals surface area contributed by atoms with Gasteiger partial charge < -0.3 is 15.0 Å². The smallest absolute Gasteiger partial charge is 0.276 e. The molecule has 6 heteroatoms. The van der Waals surface area contributed by atoms with Gasteiger partial charge in [-0.15, -0.1) is 0 Å². The van der Waals surface area contributed by atoms with Gasteiger partial charge in [0.2, 0.25) is 0 Å². The molecule has 2 aromatic carbocycles. The molecular weight excluding hydrogens is 316 g/mol. The molecule has 2 heterocycles. The monoisotopic (exact) mass is 336 g/mol. The average Bonchev–Trinajstić information content (AvgIpc) is 3.06. The number of hydrogen-bond donors (Lipinski definition) is 2. The maximum absolute atomic E-state index is 12.6. The highest BCUT2D eigenvalue weighted by molar-refractivity contribution is 6.11. The van der Waals surface area contributed by atoms with Gasteiger partial charge in [0.25, 0.3) is 5.91 Å². The number of aryl methyl sites for hydroxylation is 1. The van der Waals surface area contributed by atoms with Crippen LogP contribution < -0.4 is 10.2 Å². The Morgan fingerprint density at radius 3 is 2.68 bits per heavy atom. The Labute approximate surface area is 145 Å². The maximum atomic E-state index is 12.6. The van der Waals surface area contributed by atoms with Crippen LogP contribution in [0.2, 0.25) is 0 Å². The number of carbonyl (C=O) groups excluding carboxylic acids is 1. The number of aromatic amines is 1. The molecule has 0 unspecified atom stereocenters. The van der Waals surface area contributed by atoms with Crippen molar-refractivity contribution in [1.29, 1.82) is 0 Å². The van der Waals surface area contributed by atoms with Gasteiger partial charge in [-0.2, -0.15) is 5.10 Å². The number of ether oxygens (including phenoxy) is 1. The van der Waals surface area contributed by atoms with Crippen LogP contribution in [0.25, 0.3) is 10.9 Å². The highest BCUT2D eigenvalue weighted by Crippen LogP contribution is 2.21. The lowest BCUT2D eigenvalue weighted by atomic mass is 10.1. The van der Waals surface area contributed by atoms with E-state index in [-0.39, 0.29) is 5.91 Å². The Bertz CT molecular complexity index is 895. The Kier molecular flexibility index (Phi) is 4.11. The second kappa shape index (κ2) is 6.57. The van der Waals surface area contributed by atoms with Crippen molar-refractivity contribution in [2.45, 2.75) is 6.92 Å². The molecule has 1 saturated heterocycles. The van der Waals surface area contributed by atoms with Crippen LogP contribution >= 0.6 is 0 Å². The number of morpholine rings is 1. The number of amides is 1. The van der Waals surface area contributed by atoms with Crippen molar-refractivity contribution in [3.05, 3.63) is 53.7 Å². The van der Waals surface area contributed by atoms with Crippen molar-refractivity contribution in [2.24, 2.45) is 0 Å². The molecule has 0 radical (unpaired) electrons. The van der Waals surface area contributed by atoms with Crippen molar-refractivity contribution >= 4 is 28.2 Å². The lowest BCUT2D eigenvalue weighted by Gasteiger charge is -2.28. The maximum Gasteiger partial charge on any atom is 0.276 e. The first-order valence-corrected chi connectivity index (χ1v) is 8.39. The zero-order valence-electron chi connectivity index (χ0n) is 14.1. The van der Waals surface area contributed by atoms with Crippen molar-refractivity contribution < 1.29 is 9.53 Å². The first-order chi connectivity index (χ1) is 12.2. The van der Waals surface area contributed by atoms with E-state index in [1.807, 2.05) is 49.4 Å². The van der Waals surface area contributed by atoms with Gasteiger partial charge in [-0.25, -0.2) is 0 Å². The second-order valence-electron chi connectivity index (χ2n) is 6.22. The lowest BCUT2D eigenvalue weighted by Crippen LogP contribution is -2.36. The van der Waals surface area contributed by atoms with Crippen LogP contribution in [0, 0.1) is 6.92 Å². The Morgan fingerprint density at radius 1 is 1.16 bits per heavy atom. The van der Waals surface area contributed by atoms with E-state index in [1.165, 1.54) is 0 Å². The fraction of sp³-hybridized carbons (Fsp3) is 0.263. The molecule has 1 amide bonds. The van der Waals surface area contributed by atoms with E-state index in [0.717, 1.165) is 54.1 Å². The number of nitrogens with one attached hydrogen (secondary N) is 2. The van der Waals surface area contributed by atoms with Crippen LogP contribution in [0.4, 0.5) is 11.4 Å². The average molecular weight is 336 g/mol. The molecular formula is C19H20N4O2. The van der Waals surface area contributed by atoms with Gasteiger partial charge in [0.05, 0.1) is 18.7 Å². The first kappa shape index (κ1) is 15.7. The summed E-state index contributed by atoms with van der Waals surface area (Å²) in [6.45, 7) is 5.29. The second-order valence-corrected chi connectivity index (χ2v) is 6.22. The number of rotatable bonds is 3. The normalized spacial score (nSPS) is 14.7. The minimum absolute atomic E-state index is 0.212. The summed E-state index contributed by atoms with van der Waals surface area (Å²) in [6, 6.07) is 13.8. The van der Waals surface area contributed by atoms with Gasteiger partial charge in [-0.1, -0.05) is 11.6 Å². The van der Waals surface area contributed by atoms with Gasteiger partial charge in [0.15, 0.2) is 5.69 Å². The van der Waals surface area contributed by atoms with Crippen molar-refractivity contribution in [3.63, 3.8) is 0 Å². The number of anilines is 2. The molecule has 25 heavy (non-hydrogen) atoms. The summed E-state index contributed by atoms with van der Waals surface area (Å²) in [5.41, 5.74) is 4.26. The summed E-state index contributed by atoms with van der Waals surface area (Å²) in [6.07, 6.45) is 0. The molecule has 3 aromatic rings. The summed E-state index contributed by atoms with van der Waals surface area (Å²) >= 11 is 0. The third-order valence-corrected chi connectivity index (χ3v) is 4.43. The molecule has 6 nitrogen and oxygen atoms in total. The zero-order valence-corrected chi connectivity index (χ0v) is 14.1. The van der Waals surface area contributed by atoms with E-state index in [0.29, 0.717) is 5.69 Å². The van der Waals surface area contributed by atoms with Crippen molar-refractivity contribution in [2.75, 3.05) is 36.5 Å². The number of fused-ring (bicyclic) bond motifs is 1. The summed E-state index contributed by atoms with van der Waals surface area (Å²) in [7, 11) is 0. The largest absolute Gasteiger partial charge is 0.378 e. The van der Waals surface area contributed by atoms with Gasteiger partial charge in [0, 0.05) is 29.9 Å². The minimum atomic E-state index is -0.212. The molecule has 1 aliphatic heterocycles. The van der Waals surface area contributed by atoms with E-state index < -0.39 is 0 Å². The highest BCUT2D eigenvalue weighted by Gasteiger charge is 2.15. The predicted octanol–water partition coefficient (Wildman–Crippen LogP) is 2.96. The molecule has 0 saturated carbocycles. The fourth-order valence-electron chi connectivity index (χ4n) is 3.07. The Balaban J connectivity index is 1.51. The van der Waals surface area contributed by atoms with E-state index in [2.05, 4.69) is 20.4 Å². The fourth-order valence-corrected chi connectivity index (χ4v) is 3.07. The molecule has 1 fully saturated rings. The number of aromatic nitrogens is 2. The van der Waals surface area contributed by atoms with E-state index in [1.54, 1.807) is 0 Å². The quantitative estimate of drug-likeness (QED) is 0.771. The van der Waals surface area contributed by atoms with Crippen LogP contribution in [0.1, 0.15) is 16.1 Å². The molecule has 2 N–H and O–H groups in total. The van der Waals surface area contributed by atoms with Crippen molar-refractivity contribution in [3.8, 4) is 0 Å². The van der Waals surface area contributed by atoms with Gasteiger partial charge in [-0.3, -0.25) is 9.89 Å². The van der Waals surface area contributed by atoms with Crippen LogP contribution in [0.15, 0.2) is 42.5 Å². The van der Waals surface area contributed by atoms with Gasteiger partial charge in [0.1, 0.15) is 0 Å². The first-order valence-electron chi connectivity index (χ1n) is 8.39. The molecule has 1 aromatic heterocycles. The number of carbonyl (C=O) groups is 1. The van der Waals surface area contributed by atoms with Gasteiger partial charge in [-0.05, 0) is 43.3 Å². The minimum Gasteiger partial charge on any atom is -0.378 e. The third-order valence-electron chi connectivity index (χ3n) is 4.43. The summed E-state index contributed by atoms with van der Waals surface area (Å²) in [5.74, 6) is -0.212. The molecule has 0 atom stereocenters. The molecule has 128 valence electrons. The van der Waals surface area contributed by atoms with Crippen LogP contribution in [-0.4, -0.2) is 42.4 Å². The number of benzene rings is 2. The third kappa shape index (κ3) is 3.21. The summed E-state index contributed by atoms with van der Waals surface area (Å²) in [5, 5.41) is 10.8. The Hall–Kier alpha value is -2.86. The van der Waals surface area contributed by atoms with E-state index >= 15 is 0 Å². The highest BCUT2D eigenvalue weighted by atomic mass is 16.5. The number of H-pyrrole nitrogens is 1. The van der Waals surface area contributed by atoms with E-state index in [9.17, 15) is 4.79 Å².